The second-order valence-electron chi connectivity index (χ2n) is 8.51. The van der Waals surface area contributed by atoms with Crippen LogP contribution in [0, 0.1) is 17.8 Å². The van der Waals surface area contributed by atoms with Gasteiger partial charge in [-0.25, -0.2) is 0 Å². The minimum atomic E-state index is -1.28. The third-order valence-corrected chi connectivity index (χ3v) is 6.05. The maximum absolute atomic E-state index is 9.78. The first-order chi connectivity index (χ1) is 19.0. The summed E-state index contributed by atoms with van der Waals surface area (Å²) in [4.78, 5) is 12.8. The summed E-state index contributed by atoms with van der Waals surface area (Å²) in [6.07, 6.45) is 2.99. The van der Waals surface area contributed by atoms with E-state index in [1.165, 1.54) is 0 Å². The van der Waals surface area contributed by atoms with Gasteiger partial charge >= 0.3 is 0 Å². The average Bonchev–Trinajstić information content (AvgIpc) is 3.30. The molecule has 0 saturated carbocycles. The summed E-state index contributed by atoms with van der Waals surface area (Å²) in [7, 11) is 0. The molecule has 218 valence electrons. The van der Waals surface area contributed by atoms with Crippen LogP contribution in [0.25, 0.3) is 0 Å². The predicted molar refractivity (Wildman–Crippen MR) is 142 cm³/mol. The minimum Gasteiger partial charge on any atom is -0.393 e. The van der Waals surface area contributed by atoms with Gasteiger partial charge in [0, 0.05) is 38.9 Å². The van der Waals surface area contributed by atoms with E-state index < -0.39 is 25.4 Å². The molecule has 1 aromatic rings. The molecule has 14 nitrogen and oxygen atoms in total. The van der Waals surface area contributed by atoms with Crippen LogP contribution in [-0.2, 0) is 28.4 Å². The fraction of sp³-hybridized carbons (Fsp3) is 0.708. The number of rotatable bonds is 18. The number of piperazine rings is 1. The van der Waals surface area contributed by atoms with Crippen molar-refractivity contribution >= 4 is 29.5 Å². The van der Waals surface area contributed by atoms with Gasteiger partial charge in [-0.15, -0.1) is 6.42 Å². The van der Waals surface area contributed by atoms with E-state index in [2.05, 4.69) is 26.1 Å². The van der Waals surface area contributed by atoms with Crippen LogP contribution >= 0.6 is 11.6 Å². The highest BCUT2D eigenvalue weighted by Gasteiger charge is 2.35. The van der Waals surface area contributed by atoms with Crippen molar-refractivity contribution in [2.75, 3.05) is 102 Å². The monoisotopic (exact) mass is 572 g/mol. The lowest BCUT2D eigenvalue weighted by atomic mass is 10.2. The van der Waals surface area contributed by atoms with Gasteiger partial charge in [0.25, 0.3) is 0 Å². The summed E-state index contributed by atoms with van der Waals surface area (Å²) in [5.41, 5.74) is 0.410. The molecule has 2 aliphatic heterocycles. The highest BCUT2D eigenvalue weighted by molar-refractivity contribution is 6.28. The zero-order chi connectivity index (χ0) is 27.9. The zero-order valence-corrected chi connectivity index (χ0v) is 22.6. The molecule has 4 N–H and O–H groups in total. The number of aliphatic hydroxyl groups is 2. The van der Waals surface area contributed by atoms with Crippen molar-refractivity contribution in [3.8, 4) is 12.3 Å². The summed E-state index contributed by atoms with van der Waals surface area (Å²) >= 11 is 6.18. The van der Waals surface area contributed by atoms with Crippen LogP contribution in [0.15, 0.2) is 0 Å². The Morgan fingerprint density at radius 1 is 1.03 bits per heavy atom. The van der Waals surface area contributed by atoms with Gasteiger partial charge in [0.1, 0.15) is 24.3 Å². The van der Waals surface area contributed by atoms with Crippen LogP contribution in [0.1, 0.15) is 5.56 Å². The largest absolute Gasteiger partial charge is 0.393 e. The van der Waals surface area contributed by atoms with Gasteiger partial charge < -0.3 is 54.3 Å². The molecule has 39 heavy (non-hydrogen) atoms. The van der Waals surface area contributed by atoms with Crippen LogP contribution in [0.4, 0.5) is 11.6 Å². The van der Waals surface area contributed by atoms with Crippen molar-refractivity contribution < 1.29 is 38.6 Å². The molecule has 3 heterocycles. The van der Waals surface area contributed by atoms with Crippen molar-refractivity contribution in [3.63, 3.8) is 0 Å². The number of hydrogen-bond donors (Lipinski definition) is 4. The Morgan fingerprint density at radius 3 is 2.26 bits per heavy atom. The Labute approximate surface area is 232 Å². The summed E-state index contributed by atoms with van der Waals surface area (Å²) in [5.74, 6) is 3.14. The van der Waals surface area contributed by atoms with Crippen molar-refractivity contribution in [3.05, 3.63) is 10.8 Å². The van der Waals surface area contributed by atoms with Gasteiger partial charge in [-0.2, -0.15) is 9.97 Å². The lowest BCUT2D eigenvalue weighted by molar-refractivity contribution is -0.102. The number of nitrogens with one attached hydrogen (secondary N) is 2. The van der Waals surface area contributed by atoms with Crippen LogP contribution in [0.3, 0.4) is 0 Å². The Hall–Kier alpha value is -2.16. The standard InChI is InChI=1S/C24H37ClN6O8/c1-2-8-34-10-12-36-14-15-37-13-11-35-9-7-30-3-5-31(6-4-30)21-18(16-26)20(27-23(25)29-21)28-24-38-19(17-32)22(33)39-24/h1,16,19,22,24,26,32-33H,3-15,17H2,(H,27,28,29). The number of ether oxygens (including phenoxy) is 6. The van der Waals surface area contributed by atoms with Gasteiger partial charge in [-0.05, 0) is 11.6 Å². The van der Waals surface area contributed by atoms with Gasteiger partial charge in [0.05, 0.1) is 58.4 Å². The fourth-order valence-electron chi connectivity index (χ4n) is 3.87. The van der Waals surface area contributed by atoms with E-state index in [-0.39, 0.29) is 11.1 Å². The van der Waals surface area contributed by atoms with E-state index in [0.717, 1.165) is 25.8 Å². The van der Waals surface area contributed by atoms with Crippen LogP contribution in [0.2, 0.25) is 5.28 Å². The van der Waals surface area contributed by atoms with Gasteiger partial charge in [0.2, 0.25) is 11.7 Å². The maximum Gasteiger partial charge on any atom is 0.242 e. The van der Waals surface area contributed by atoms with Crippen molar-refractivity contribution in [1.82, 2.24) is 14.9 Å². The van der Waals surface area contributed by atoms with Crippen molar-refractivity contribution in [2.45, 2.75) is 18.8 Å². The van der Waals surface area contributed by atoms with Crippen molar-refractivity contribution in [2.24, 2.45) is 0 Å². The molecule has 0 radical (unpaired) electrons. The van der Waals surface area contributed by atoms with Gasteiger partial charge in [-0.1, -0.05) is 5.92 Å². The molecule has 0 aliphatic carbocycles. The number of terminal acetylenes is 1. The van der Waals surface area contributed by atoms with E-state index in [1.807, 2.05) is 4.90 Å². The van der Waals surface area contributed by atoms with E-state index in [9.17, 15) is 10.2 Å². The smallest absolute Gasteiger partial charge is 0.242 e. The minimum absolute atomic E-state index is 0.00552. The summed E-state index contributed by atoms with van der Waals surface area (Å²) in [5, 5.41) is 29.8. The fourth-order valence-corrected chi connectivity index (χ4v) is 4.03. The molecule has 0 bridgehead atoms. The van der Waals surface area contributed by atoms with Gasteiger partial charge in [-0.3, -0.25) is 4.90 Å². The molecule has 2 saturated heterocycles. The number of anilines is 2. The molecule has 2 fully saturated rings. The highest BCUT2D eigenvalue weighted by atomic mass is 35.5. The summed E-state index contributed by atoms with van der Waals surface area (Å²) in [6.45, 7) is 7.13. The molecule has 0 aromatic carbocycles. The highest BCUT2D eigenvalue weighted by Crippen LogP contribution is 2.28. The van der Waals surface area contributed by atoms with Crippen LogP contribution in [0.5, 0.6) is 0 Å². The molecule has 2 aliphatic rings. The third-order valence-electron chi connectivity index (χ3n) is 5.88. The average molecular weight is 573 g/mol. The quantitative estimate of drug-likeness (QED) is 0.0761. The topological polar surface area (TPSA) is 164 Å². The molecule has 3 rings (SSSR count). The predicted octanol–water partition coefficient (Wildman–Crippen LogP) is -0.629. The number of halogens is 1. The molecule has 0 amide bonds. The Morgan fingerprint density at radius 2 is 1.67 bits per heavy atom. The number of aliphatic hydroxyl groups excluding tert-OH is 2. The first-order valence-corrected chi connectivity index (χ1v) is 13.1. The first kappa shape index (κ1) is 31.4. The number of nitrogens with zero attached hydrogens (tertiary/aromatic N) is 4. The van der Waals surface area contributed by atoms with E-state index in [0.29, 0.717) is 77.3 Å². The number of aromatic nitrogens is 2. The molecule has 1 aromatic heterocycles. The normalized spacial score (nSPS) is 21.7. The van der Waals surface area contributed by atoms with Crippen LogP contribution < -0.4 is 10.2 Å². The van der Waals surface area contributed by atoms with Gasteiger partial charge in [0.15, 0.2) is 6.29 Å². The molecular weight excluding hydrogens is 536 g/mol. The molecular formula is C24H37ClN6O8. The molecule has 15 heteroatoms. The second kappa shape index (κ2) is 17.5. The lowest BCUT2D eigenvalue weighted by Gasteiger charge is -2.36. The third kappa shape index (κ3) is 10.4. The lowest BCUT2D eigenvalue weighted by Crippen LogP contribution is -2.48. The Kier molecular flexibility index (Phi) is 14.1. The molecule has 3 unspecified atom stereocenters. The summed E-state index contributed by atoms with van der Waals surface area (Å²) in [6, 6.07) is 0. The van der Waals surface area contributed by atoms with E-state index >= 15 is 0 Å². The Balaban J connectivity index is 1.33. The maximum atomic E-state index is 9.78. The molecule has 0 spiro atoms. The first-order valence-electron chi connectivity index (χ1n) is 12.7. The zero-order valence-electron chi connectivity index (χ0n) is 21.8. The van der Waals surface area contributed by atoms with Crippen LogP contribution in [-0.4, -0.2) is 142 Å². The summed E-state index contributed by atoms with van der Waals surface area (Å²) < 4.78 is 32.3. The SMILES string of the molecule is C#CCOCCOCCOCCOCCN1CCN(c2nc(Cl)nc(NC3OC(O)C(CO)O3)c2C=N)CC1. The van der Waals surface area contributed by atoms with E-state index in [4.69, 9.17) is 51.9 Å². The second-order valence-corrected chi connectivity index (χ2v) is 8.84. The number of hydrogen-bond acceptors (Lipinski definition) is 14. The van der Waals surface area contributed by atoms with E-state index in [1.54, 1.807) is 0 Å². The van der Waals surface area contributed by atoms with Crippen molar-refractivity contribution in [1.29, 1.82) is 5.41 Å². The molecule has 3 atom stereocenters. The Bertz CT molecular complexity index is 917.